The van der Waals surface area contributed by atoms with Gasteiger partial charge in [-0.3, -0.25) is 9.59 Å². The quantitative estimate of drug-likeness (QED) is 0.866. The minimum Gasteiger partial charge on any atom is -0.338 e. The van der Waals surface area contributed by atoms with Crippen molar-refractivity contribution in [1.82, 2.24) is 15.1 Å². The summed E-state index contributed by atoms with van der Waals surface area (Å²) in [6.45, 7) is 5.51. The Morgan fingerprint density at radius 2 is 1.92 bits per heavy atom. The van der Waals surface area contributed by atoms with E-state index in [1.165, 1.54) is 24.3 Å². The Kier molecular flexibility index (Phi) is 6.79. The summed E-state index contributed by atoms with van der Waals surface area (Å²) in [5.41, 5.74) is 0.472. The van der Waals surface area contributed by atoms with Gasteiger partial charge in [0, 0.05) is 44.3 Å². The Balaban J connectivity index is 0.00000225. The molecule has 1 unspecified atom stereocenters. The van der Waals surface area contributed by atoms with E-state index in [2.05, 4.69) is 5.32 Å². The molecule has 5 nitrogen and oxygen atoms in total. The zero-order valence-electron chi connectivity index (χ0n) is 14.4. The molecule has 0 aromatic heterocycles. The minimum absolute atomic E-state index is 0. The van der Waals surface area contributed by atoms with Gasteiger partial charge in [0.15, 0.2) is 0 Å². The average Bonchev–Trinajstić information content (AvgIpc) is 2.62. The zero-order valence-corrected chi connectivity index (χ0v) is 15.2. The Labute approximate surface area is 154 Å². The molecule has 25 heavy (non-hydrogen) atoms. The molecule has 7 heteroatoms. The normalized spacial score (nSPS) is 23.8. The molecule has 2 atom stereocenters. The van der Waals surface area contributed by atoms with Crippen LogP contribution in [0, 0.1) is 11.7 Å². The van der Waals surface area contributed by atoms with Crippen LogP contribution < -0.4 is 5.32 Å². The lowest BCUT2D eigenvalue weighted by Gasteiger charge is -2.39. The molecule has 2 fully saturated rings. The third-order valence-corrected chi connectivity index (χ3v) is 4.93. The molecular formula is C18H25ClFN3O2. The number of carbonyl (C=O) groups is 2. The average molecular weight is 370 g/mol. The van der Waals surface area contributed by atoms with Crippen LogP contribution in [-0.4, -0.2) is 60.4 Å². The van der Waals surface area contributed by atoms with E-state index in [0.29, 0.717) is 18.7 Å². The molecule has 2 heterocycles. The maximum absolute atomic E-state index is 13.0. The fraction of sp³-hybridized carbons (Fsp3) is 0.556. The SMILES string of the molecule is C[C@@H]1CNCCN1C(=O)C1CCCN(C(=O)c2ccc(F)cc2)C1.Cl. The number of likely N-dealkylation sites (tertiary alicyclic amines) is 1. The van der Waals surface area contributed by atoms with Gasteiger partial charge in [0.05, 0.1) is 5.92 Å². The summed E-state index contributed by atoms with van der Waals surface area (Å²) in [4.78, 5) is 29.1. The number of nitrogens with zero attached hydrogens (tertiary/aromatic N) is 2. The summed E-state index contributed by atoms with van der Waals surface area (Å²) in [6, 6.07) is 5.78. The summed E-state index contributed by atoms with van der Waals surface area (Å²) in [5.74, 6) is -0.462. The van der Waals surface area contributed by atoms with Crippen LogP contribution in [0.25, 0.3) is 0 Å². The number of amides is 2. The molecule has 2 amide bonds. The topological polar surface area (TPSA) is 52.7 Å². The number of hydrogen-bond donors (Lipinski definition) is 1. The molecule has 2 aliphatic rings. The lowest BCUT2D eigenvalue weighted by Crippen LogP contribution is -2.55. The molecule has 2 saturated heterocycles. The first-order chi connectivity index (χ1) is 11.6. The van der Waals surface area contributed by atoms with Gasteiger partial charge in [0.25, 0.3) is 5.91 Å². The van der Waals surface area contributed by atoms with Gasteiger partial charge in [-0.05, 0) is 44.0 Å². The van der Waals surface area contributed by atoms with Crippen LogP contribution in [0.3, 0.4) is 0 Å². The minimum atomic E-state index is -0.356. The van der Waals surface area contributed by atoms with E-state index in [4.69, 9.17) is 0 Å². The Bertz CT molecular complexity index is 611. The van der Waals surface area contributed by atoms with Crippen molar-refractivity contribution >= 4 is 24.2 Å². The number of hydrogen-bond acceptors (Lipinski definition) is 3. The molecular weight excluding hydrogens is 345 g/mol. The molecule has 0 spiro atoms. The van der Waals surface area contributed by atoms with Crippen molar-refractivity contribution in [2.75, 3.05) is 32.7 Å². The second kappa shape index (κ2) is 8.63. The molecule has 138 valence electrons. The van der Waals surface area contributed by atoms with Gasteiger partial charge in [0.1, 0.15) is 5.82 Å². The van der Waals surface area contributed by atoms with E-state index in [1.807, 2.05) is 11.8 Å². The summed E-state index contributed by atoms with van der Waals surface area (Å²) in [7, 11) is 0. The van der Waals surface area contributed by atoms with Crippen LogP contribution in [0.5, 0.6) is 0 Å². The highest BCUT2D eigenvalue weighted by atomic mass is 35.5. The molecule has 1 aromatic rings. The first kappa shape index (κ1) is 19.7. The highest BCUT2D eigenvalue weighted by Crippen LogP contribution is 2.22. The van der Waals surface area contributed by atoms with Gasteiger partial charge in [-0.1, -0.05) is 0 Å². The maximum atomic E-state index is 13.0. The summed E-state index contributed by atoms with van der Waals surface area (Å²) < 4.78 is 13.0. The van der Waals surface area contributed by atoms with Gasteiger partial charge in [-0.15, -0.1) is 12.4 Å². The molecule has 0 radical (unpaired) electrons. The molecule has 1 aromatic carbocycles. The number of halogens is 2. The lowest BCUT2D eigenvalue weighted by atomic mass is 9.95. The van der Waals surface area contributed by atoms with Crippen molar-refractivity contribution in [3.63, 3.8) is 0 Å². The number of benzene rings is 1. The van der Waals surface area contributed by atoms with Gasteiger partial charge in [0.2, 0.25) is 5.91 Å². The van der Waals surface area contributed by atoms with E-state index in [0.717, 1.165) is 32.5 Å². The second-order valence-electron chi connectivity index (χ2n) is 6.68. The summed E-state index contributed by atoms with van der Waals surface area (Å²) in [6.07, 6.45) is 1.65. The highest BCUT2D eigenvalue weighted by Gasteiger charge is 2.33. The van der Waals surface area contributed by atoms with Crippen LogP contribution in [-0.2, 0) is 4.79 Å². The van der Waals surface area contributed by atoms with E-state index in [1.54, 1.807) is 4.90 Å². The summed E-state index contributed by atoms with van der Waals surface area (Å²) in [5, 5.41) is 3.29. The van der Waals surface area contributed by atoms with E-state index >= 15 is 0 Å². The van der Waals surface area contributed by atoms with Crippen LogP contribution in [0.1, 0.15) is 30.1 Å². The van der Waals surface area contributed by atoms with Crippen LogP contribution >= 0.6 is 12.4 Å². The smallest absolute Gasteiger partial charge is 0.253 e. The van der Waals surface area contributed by atoms with Crippen molar-refractivity contribution in [2.24, 2.45) is 5.92 Å². The van der Waals surface area contributed by atoms with Gasteiger partial charge >= 0.3 is 0 Å². The van der Waals surface area contributed by atoms with E-state index in [-0.39, 0.29) is 42.0 Å². The third-order valence-electron chi connectivity index (χ3n) is 4.93. The zero-order chi connectivity index (χ0) is 17.1. The first-order valence-electron chi connectivity index (χ1n) is 8.62. The highest BCUT2D eigenvalue weighted by molar-refractivity contribution is 5.94. The fourth-order valence-electron chi connectivity index (χ4n) is 3.54. The number of piperazine rings is 1. The molecule has 3 rings (SSSR count). The Hall–Kier alpha value is -1.66. The predicted molar refractivity (Wildman–Crippen MR) is 96.3 cm³/mol. The van der Waals surface area contributed by atoms with Gasteiger partial charge in [-0.25, -0.2) is 4.39 Å². The lowest BCUT2D eigenvalue weighted by molar-refractivity contribution is -0.139. The van der Waals surface area contributed by atoms with E-state index in [9.17, 15) is 14.0 Å². The molecule has 2 aliphatic heterocycles. The van der Waals surface area contributed by atoms with Crippen molar-refractivity contribution in [2.45, 2.75) is 25.8 Å². The van der Waals surface area contributed by atoms with Crippen LogP contribution in [0.2, 0.25) is 0 Å². The molecule has 0 bridgehead atoms. The molecule has 1 N–H and O–H groups in total. The number of rotatable bonds is 2. The summed E-state index contributed by atoms with van der Waals surface area (Å²) >= 11 is 0. The monoisotopic (exact) mass is 369 g/mol. The van der Waals surface area contributed by atoms with Crippen molar-refractivity contribution in [1.29, 1.82) is 0 Å². The predicted octanol–water partition coefficient (Wildman–Crippen LogP) is 1.92. The largest absolute Gasteiger partial charge is 0.338 e. The maximum Gasteiger partial charge on any atom is 0.253 e. The van der Waals surface area contributed by atoms with Gasteiger partial charge in [-0.2, -0.15) is 0 Å². The number of carbonyl (C=O) groups excluding carboxylic acids is 2. The van der Waals surface area contributed by atoms with Crippen molar-refractivity contribution in [3.8, 4) is 0 Å². The first-order valence-corrected chi connectivity index (χ1v) is 8.62. The standard InChI is InChI=1S/C18H24FN3O2.ClH/c1-13-11-20-8-10-22(13)18(24)15-3-2-9-21(12-15)17(23)14-4-6-16(19)7-5-14;/h4-7,13,15,20H,2-3,8-12H2,1H3;1H/t13-,15?;/m1./s1. The second-order valence-corrected chi connectivity index (χ2v) is 6.68. The third kappa shape index (κ3) is 4.50. The van der Waals surface area contributed by atoms with E-state index < -0.39 is 0 Å². The number of piperidine rings is 1. The molecule has 0 aliphatic carbocycles. The Morgan fingerprint density at radius 1 is 1.20 bits per heavy atom. The van der Waals surface area contributed by atoms with Crippen LogP contribution in [0.15, 0.2) is 24.3 Å². The van der Waals surface area contributed by atoms with Crippen molar-refractivity contribution < 1.29 is 14.0 Å². The Morgan fingerprint density at radius 3 is 2.60 bits per heavy atom. The molecule has 0 saturated carbocycles. The number of nitrogens with one attached hydrogen (secondary N) is 1. The fourth-order valence-corrected chi connectivity index (χ4v) is 3.54. The van der Waals surface area contributed by atoms with Gasteiger partial charge < -0.3 is 15.1 Å². The van der Waals surface area contributed by atoms with Crippen LogP contribution in [0.4, 0.5) is 4.39 Å². The van der Waals surface area contributed by atoms with Crippen molar-refractivity contribution in [3.05, 3.63) is 35.6 Å².